The Kier molecular flexibility index (Phi) is 2.95. The molecule has 110 valence electrons. The maximum Gasteiger partial charge on any atom is 0.294 e. The standard InChI is InChI=1S/C15H21ClN2O2/c1-9-11(16)12(20-17-9)13(19)18-8-15(4)6-10(18)5-14(2,3)7-15/h10H,5-8H2,1-4H3/t10-,15-/m1/s1. The van der Waals surface area contributed by atoms with Crippen LogP contribution in [0.1, 0.15) is 56.3 Å². The van der Waals surface area contributed by atoms with Gasteiger partial charge in [-0.05, 0) is 37.0 Å². The third kappa shape index (κ3) is 2.14. The molecule has 2 fully saturated rings. The molecule has 0 aromatic carbocycles. The van der Waals surface area contributed by atoms with E-state index < -0.39 is 0 Å². The number of rotatable bonds is 1. The molecule has 0 radical (unpaired) electrons. The Morgan fingerprint density at radius 2 is 2.10 bits per heavy atom. The third-order valence-corrected chi connectivity index (χ3v) is 5.11. The molecular formula is C15H21ClN2O2. The van der Waals surface area contributed by atoms with Gasteiger partial charge in [-0.3, -0.25) is 4.79 Å². The van der Waals surface area contributed by atoms with Gasteiger partial charge >= 0.3 is 0 Å². The van der Waals surface area contributed by atoms with E-state index in [4.69, 9.17) is 16.1 Å². The van der Waals surface area contributed by atoms with Crippen LogP contribution in [-0.2, 0) is 0 Å². The van der Waals surface area contributed by atoms with Crippen LogP contribution in [0.2, 0.25) is 5.02 Å². The topological polar surface area (TPSA) is 46.3 Å². The van der Waals surface area contributed by atoms with Crippen LogP contribution in [0.15, 0.2) is 4.52 Å². The molecule has 2 atom stereocenters. The number of aryl methyl sites for hydroxylation is 1. The maximum absolute atomic E-state index is 12.7. The van der Waals surface area contributed by atoms with Gasteiger partial charge in [0.2, 0.25) is 5.76 Å². The van der Waals surface area contributed by atoms with Gasteiger partial charge in [0.05, 0.1) is 5.69 Å². The monoisotopic (exact) mass is 296 g/mol. The Bertz CT molecular complexity index is 566. The van der Waals surface area contributed by atoms with Gasteiger partial charge in [-0.15, -0.1) is 0 Å². The molecule has 0 unspecified atom stereocenters. The highest BCUT2D eigenvalue weighted by Crippen LogP contribution is 2.52. The van der Waals surface area contributed by atoms with E-state index in [1.807, 2.05) is 4.90 Å². The van der Waals surface area contributed by atoms with Crippen molar-refractivity contribution in [2.45, 2.75) is 53.0 Å². The number of hydrogen-bond donors (Lipinski definition) is 0. The zero-order valence-electron chi connectivity index (χ0n) is 12.5. The van der Waals surface area contributed by atoms with Gasteiger partial charge in [-0.1, -0.05) is 37.5 Å². The molecule has 2 heterocycles. The van der Waals surface area contributed by atoms with Crippen molar-refractivity contribution >= 4 is 17.5 Å². The maximum atomic E-state index is 12.7. The molecule has 5 heteroatoms. The van der Waals surface area contributed by atoms with Gasteiger partial charge in [-0.25, -0.2) is 0 Å². The Hall–Kier alpha value is -1.03. The SMILES string of the molecule is Cc1noc(C(=O)N2C[C@]3(C)C[C@H]2CC(C)(C)C3)c1Cl. The number of hydrogen-bond acceptors (Lipinski definition) is 3. The average Bonchev–Trinajstić information content (AvgIpc) is 2.76. The fourth-order valence-corrected chi connectivity index (χ4v) is 4.47. The van der Waals surface area contributed by atoms with Gasteiger partial charge in [0, 0.05) is 12.6 Å². The molecule has 1 amide bonds. The number of fused-ring (bicyclic) bond motifs is 2. The van der Waals surface area contributed by atoms with Crippen molar-refractivity contribution in [3.8, 4) is 0 Å². The summed E-state index contributed by atoms with van der Waals surface area (Å²) in [6.45, 7) is 9.39. The van der Waals surface area contributed by atoms with Crippen LogP contribution in [0.5, 0.6) is 0 Å². The molecule has 1 aliphatic carbocycles. The van der Waals surface area contributed by atoms with Crippen LogP contribution in [0.25, 0.3) is 0 Å². The molecule has 1 aromatic heterocycles. The lowest BCUT2D eigenvalue weighted by Gasteiger charge is -2.39. The Balaban J connectivity index is 1.89. The summed E-state index contributed by atoms with van der Waals surface area (Å²) in [5.74, 6) is 0.0835. The molecule has 4 nitrogen and oxygen atoms in total. The Morgan fingerprint density at radius 3 is 2.70 bits per heavy atom. The van der Waals surface area contributed by atoms with Gasteiger partial charge in [0.15, 0.2) is 0 Å². The first-order chi connectivity index (χ1) is 9.21. The van der Waals surface area contributed by atoms with Crippen LogP contribution in [0.3, 0.4) is 0 Å². The summed E-state index contributed by atoms with van der Waals surface area (Å²) in [6, 6.07) is 0.290. The largest absolute Gasteiger partial charge is 0.349 e. The highest BCUT2D eigenvalue weighted by Gasteiger charge is 2.51. The van der Waals surface area contributed by atoms with E-state index in [0.717, 1.165) is 25.8 Å². The lowest BCUT2D eigenvalue weighted by molar-refractivity contribution is 0.0667. The molecule has 0 N–H and O–H groups in total. The smallest absolute Gasteiger partial charge is 0.294 e. The zero-order valence-corrected chi connectivity index (χ0v) is 13.3. The number of carbonyl (C=O) groups is 1. The number of carbonyl (C=O) groups excluding carboxylic acids is 1. The van der Waals surface area contributed by atoms with Gasteiger partial charge in [0.1, 0.15) is 5.02 Å². The highest BCUT2D eigenvalue weighted by molar-refractivity contribution is 6.33. The number of likely N-dealkylation sites (tertiary alicyclic amines) is 1. The first-order valence-electron chi connectivity index (χ1n) is 7.14. The van der Waals surface area contributed by atoms with E-state index in [0.29, 0.717) is 10.7 Å². The minimum absolute atomic E-state index is 0.109. The van der Waals surface area contributed by atoms with Crippen molar-refractivity contribution in [1.82, 2.24) is 10.1 Å². The molecule has 3 rings (SSSR count). The van der Waals surface area contributed by atoms with Crippen LogP contribution in [0.4, 0.5) is 0 Å². The zero-order chi connectivity index (χ0) is 14.7. The quantitative estimate of drug-likeness (QED) is 0.794. The first kappa shape index (κ1) is 13.9. The minimum atomic E-state index is -0.109. The molecule has 1 saturated heterocycles. The van der Waals surface area contributed by atoms with Gasteiger partial charge in [-0.2, -0.15) is 0 Å². The summed E-state index contributed by atoms with van der Waals surface area (Å²) in [4.78, 5) is 14.6. The predicted molar refractivity (Wildman–Crippen MR) is 76.8 cm³/mol. The molecule has 2 aliphatic rings. The predicted octanol–water partition coefficient (Wildman–Crippen LogP) is 3.68. The summed E-state index contributed by atoms with van der Waals surface area (Å²) < 4.78 is 5.13. The number of amides is 1. The Morgan fingerprint density at radius 1 is 1.40 bits per heavy atom. The molecule has 1 aliphatic heterocycles. The Labute approximate surface area is 124 Å². The summed E-state index contributed by atoms with van der Waals surface area (Å²) in [7, 11) is 0. The van der Waals surface area contributed by atoms with Crippen molar-refractivity contribution in [2.75, 3.05) is 6.54 Å². The van der Waals surface area contributed by atoms with Gasteiger partial charge < -0.3 is 9.42 Å². The second-order valence-corrected chi connectivity index (χ2v) is 7.94. The van der Waals surface area contributed by atoms with Crippen molar-refractivity contribution in [2.24, 2.45) is 10.8 Å². The van der Waals surface area contributed by atoms with Crippen molar-refractivity contribution in [1.29, 1.82) is 0 Å². The van der Waals surface area contributed by atoms with Crippen molar-refractivity contribution in [3.63, 3.8) is 0 Å². The molecule has 0 spiro atoms. The number of aromatic nitrogens is 1. The second kappa shape index (κ2) is 4.23. The lowest BCUT2D eigenvalue weighted by Crippen LogP contribution is -2.37. The average molecular weight is 297 g/mol. The molecule has 1 saturated carbocycles. The van der Waals surface area contributed by atoms with E-state index in [1.165, 1.54) is 0 Å². The molecular weight excluding hydrogens is 276 g/mol. The van der Waals surface area contributed by atoms with E-state index in [1.54, 1.807) is 6.92 Å². The first-order valence-corrected chi connectivity index (χ1v) is 7.51. The minimum Gasteiger partial charge on any atom is -0.349 e. The highest BCUT2D eigenvalue weighted by atomic mass is 35.5. The van der Waals surface area contributed by atoms with Crippen LogP contribution < -0.4 is 0 Å². The second-order valence-electron chi connectivity index (χ2n) is 7.56. The fourth-order valence-electron chi connectivity index (χ4n) is 4.32. The third-order valence-electron chi connectivity index (χ3n) is 4.66. The van der Waals surface area contributed by atoms with E-state index in [2.05, 4.69) is 25.9 Å². The summed E-state index contributed by atoms with van der Waals surface area (Å²) in [5.41, 5.74) is 1.07. The molecule has 2 bridgehead atoms. The lowest BCUT2D eigenvalue weighted by atomic mass is 9.65. The van der Waals surface area contributed by atoms with Crippen LogP contribution in [0, 0.1) is 17.8 Å². The van der Waals surface area contributed by atoms with E-state index >= 15 is 0 Å². The van der Waals surface area contributed by atoms with Crippen LogP contribution in [-0.4, -0.2) is 28.6 Å². The van der Waals surface area contributed by atoms with E-state index in [-0.39, 0.29) is 28.5 Å². The van der Waals surface area contributed by atoms with Crippen LogP contribution >= 0.6 is 11.6 Å². The summed E-state index contributed by atoms with van der Waals surface area (Å²) in [5, 5.41) is 4.13. The number of nitrogens with zero attached hydrogens (tertiary/aromatic N) is 2. The van der Waals surface area contributed by atoms with E-state index in [9.17, 15) is 4.79 Å². The summed E-state index contributed by atoms with van der Waals surface area (Å²) >= 11 is 6.11. The normalized spacial score (nSPS) is 31.6. The van der Waals surface area contributed by atoms with Gasteiger partial charge in [0.25, 0.3) is 5.91 Å². The molecule has 1 aromatic rings. The molecule has 20 heavy (non-hydrogen) atoms. The van der Waals surface area contributed by atoms with Crippen molar-refractivity contribution in [3.05, 3.63) is 16.5 Å². The fraction of sp³-hybridized carbons (Fsp3) is 0.733. The van der Waals surface area contributed by atoms with Crippen molar-refractivity contribution < 1.29 is 9.32 Å². The number of halogens is 1. The summed E-state index contributed by atoms with van der Waals surface area (Å²) in [6.07, 6.45) is 3.27.